The van der Waals surface area contributed by atoms with Gasteiger partial charge in [0, 0.05) is 37.9 Å². The number of amides is 2. The molecule has 1 saturated heterocycles. The second-order valence-electron chi connectivity index (χ2n) is 7.53. The third-order valence-corrected chi connectivity index (χ3v) is 5.49. The van der Waals surface area contributed by atoms with Crippen LogP contribution in [-0.4, -0.2) is 59.4 Å². The first-order valence-electron chi connectivity index (χ1n) is 10.5. The quantitative estimate of drug-likeness (QED) is 0.541. The van der Waals surface area contributed by atoms with Crippen molar-refractivity contribution in [1.29, 1.82) is 0 Å². The zero-order chi connectivity index (χ0) is 23.4. The minimum atomic E-state index is -0.531. The number of nitrogen functional groups attached to an aromatic ring is 1. The largest absolute Gasteiger partial charge is 0.397 e. The summed E-state index contributed by atoms with van der Waals surface area (Å²) in [5.41, 5.74) is 13.5. The predicted octanol–water partition coefficient (Wildman–Crippen LogP) is 1.72. The Morgan fingerprint density at radius 2 is 1.82 bits per heavy atom. The van der Waals surface area contributed by atoms with Crippen LogP contribution in [0, 0.1) is 5.82 Å². The molecule has 1 fully saturated rings. The lowest BCUT2D eigenvalue weighted by molar-refractivity contribution is -0.129. The van der Waals surface area contributed by atoms with Gasteiger partial charge < -0.3 is 26.6 Å². The van der Waals surface area contributed by atoms with Crippen molar-refractivity contribution in [1.82, 2.24) is 14.9 Å². The average Bonchev–Trinajstić information content (AvgIpc) is 2.84. The molecule has 0 radical (unpaired) electrons. The third kappa shape index (κ3) is 4.75. The summed E-state index contributed by atoms with van der Waals surface area (Å²) in [6.45, 7) is 2.22. The molecule has 1 aliphatic rings. The van der Waals surface area contributed by atoms with Crippen molar-refractivity contribution in [2.24, 2.45) is 5.73 Å². The van der Waals surface area contributed by atoms with Crippen molar-refractivity contribution in [2.45, 2.75) is 0 Å². The third-order valence-electron chi connectivity index (χ3n) is 5.49. The second kappa shape index (κ2) is 9.61. The number of piperazine rings is 1. The molecule has 5 N–H and O–H groups in total. The number of nitrogens with two attached hydrogens (primary N) is 2. The molecule has 3 aromatic rings. The van der Waals surface area contributed by atoms with Gasteiger partial charge in [-0.2, -0.15) is 0 Å². The van der Waals surface area contributed by atoms with Crippen LogP contribution in [0.5, 0.6) is 0 Å². The molecule has 1 aliphatic heterocycles. The Labute approximate surface area is 190 Å². The summed E-state index contributed by atoms with van der Waals surface area (Å²) in [5, 5.41) is 2.82. The average molecular weight is 449 g/mol. The van der Waals surface area contributed by atoms with Crippen LogP contribution in [0.1, 0.15) is 10.5 Å². The molecule has 1 aromatic carbocycles. The monoisotopic (exact) mass is 449 g/mol. The van der Waals surface area contributed by atoms with Gasteiger partial charge in [-0.1, -0.05) is 12.1 Å². The number of hydrogen-bond acceptors (Lipinski definition) is 7. The van der Waals surface area contributed by atoms with E-state index in [1.807, 2.05) is 0 Å². The number of nitrogens with one attached hydrogen (secondary N) is 1. The summed E-state index contributed by atoms with van der Waals surface area (Å²) in [6, 6.07) is 11.1. The summed E-state index contributed by atoms with van der Waals surface area (Å²) >= 11 is 0. The van der Waals surface area contributed by atoms with Gasteiger partial charge in [-0.15, -0.1) is 0 Å². The van der Waals surface area contributed by atoms with E-state index in [2.05, 4.69) is 20.2 Å². The molecule has 10 heteroatoms. The van der Waals surface area contributed by atoms with Gasteiger partial charge in [0.2, 0.25) is 5.91 Å². The summed E-state index contributed by atoms with van der Waals surface area (Å²) in [7, 11) is 0. The lowest BCUT2D eigenvalue weighted by atomic mass is 10.1. The normalized spacial score (nSPS) is 13.6. The lowest BCUT2D eigenvalue weighted by Crippen LogP contribution is -2.50. The molecular weight excluding hydrogens is 425 g/mol. The molecule has 0 bridgehead atoms. The number of rotatable bonds is 5. The number of aromatic nitrogens is 2. The van der Waals surface area contributed by atoms with Crippen LogP contribution < -0.4 is 21.7 Å². The minimum Gasteiger partial charge on any atom is -0.397 e. The summed E-state index contributed by atoms with van der Waals surface area (Å²) in [4.78, 5) is 37.1. The molecule has 3 heterocycles. The molecule has 170 valence electrons. The fourth-order valence-corrected chi connectivity index (χ4v) is 3.74. The SMILES string of the molecule is NCC(=O)N1CCN(c2ccncc2NC(=O)c2nc(-c3ccccc3F)ccc2N)CC1. The van der Waals surface area contributed by atoms with E-state index in [0.717, 1.165) is 5.69 Å². The number of hydrogen-bond donors (Lipinski definition) is 3. The van der Waals surface area contributed by atoms with Crippen LogP contribution in [0.15, 0.2) is 54.9 Å². The van der Waals surface area contributed by atoms with Gasteiger partial charge in [0.15, 0.2) is 5.69 Å². The van der Waals surface area contributed by atoms with Crippen LogP contribution in [0.25, 0.3) is 11.3 Å². The Balaban J connectivity index is 1.55. The van der Waals surface area contributed by atoms with Gasteiger partial charge in [0.05, 0.1) is 35.5 Å². The molecule has 0 unspecified atom stereocenters. The molecule has 0 saturated carbocycles. The van der Waals surface area contributed by atoms with Crippen LogP contribution in [0.4, 0.5) is 21.5 Å². The molecule has 2 aromatic heterocycles. The smallest absolute Gasteiger partial charge is 0.276 e. The summed E-state index contributed by atoms with van der Waals surface area (Å²) in [6.07, 6.45) is 3.18. The highest BCUT2D eigenvalue weighted by molar-refractivity contribution is 6.08. The maximum atomic E-state index is 14.2. The number of benzene rings is 1. The van der Waals surface area contributed by atoms with Gasteiger partial charge >= 0.3 is 0 Å². The van der Waals surface area contributed by atoms with E-state index in [1.54, 1.807) is 47.6 Å². The van der Waals surface area contributed by atoms with Gasteiger partial charge in [-0.05, 0) is 30.3 Å². The lowest BCUT2D eigenvalue weighted by Gasteiger charge is -2.36. The second-order valence-corrected chi connectivity index (χ2v) is 7.53. The highest BCUT2D eigenvalue weighted by Crippen LogP contribution is 2.28. The predicted molar refractivity (Wildman–Crippen MR) is 124 cm³/mol. The molecular formula is C23H24FN7O2. The molecule has 33 heavy (non-hydrogen) atoms. The van der Waals surface area contributed by atoms with E-state index in [9.17, 15) is 14.0 Å². The molecule has 2 amide bonds. The van der Waals surface area contributed by atoms with Crippen molar-refractivity contribution in [3.05, 3.63) is 66.4 Å². The molecule has 9 nitrogen and oxygen atoms in total. The first-order chi connectivity index (χ1) is 16.0. The number of pyridine rings is 2. The van der Waals surface area contributed by atoms with Crippen LogP contribution in [0.3, 0.4) is 0 Å². The van der Waals surface area contributed by atoms with Crippen molar-refractivity contribution < 1.29 is 14.0 Å². The van der Waals surface area contributed by atoms with E-state index in [-0.39, 0.29) is 29.4 Å². The number of anilines is 3. The zero-order valence-electron chi connectivity index (χ0n) is 17.9. The highest BCUT2D eigenvalue weighted by Gasteiger charge is 2.23. The maximum absolute atomic E-state index is 14.2. The van der Waals surface area contributed by atoms with Crippen LogP contribution in [-0.2, 0) is 4.79 Å². The minimum absolute atomic E-state index is 0.0103. The van der Waals surface area contributed by atoms with E-state index in [4.69, 9.17) is 11.5 Å². The highest BCUT2D eigenvalue weighted by atomic mass is 19.1. The van der Waals surface area contributed by atoms with E-state index in [0.29, 0.717) is 37.6 Å². The van der Waals surface area contributed by atoms with Crippen molar-refractivity contribution in [2.75, 3.05) is 48.7 Å². The Bertz CT molecular complexity index is 1180. The molecule has 0 aliphatic carbocycles. The number of carbonyl (C=O) groups excluding carboxylic acids is 2. The number of halogens is 1. The van der Waals surface area contributed by atoms with Crippen LogP contribution in [0.2, 0.25) is 0 Å². The fraction of sp³-hybridized carbons (Fsp3) is 0.217. The summed E-state index contributed by atoms with van der Waals surface area (Å²) in [5.74, 6) is -1.06. The number of nitrogens with zero attached hydrogens (tertiary/aromatic N) is 4. The topological polar surface area (TPSA) is 130 Å². The number of carbonyl (C=O) groups is 2. The Morgan fingerprint density at radius 1 is 1.06 bits per heavy atom. The van der Waals surface area contributed by atoms with E-state index in [1.165, 1.54) is 12.1 Å². The molecule has 0 spiro atoms. The van der Waals surface area contributed by atoms with Gasteiger partial charge in [-0.3, -0.25) is 14.6 Å². The first kappa shape index (κ1) is 22.2. The summed E-state index contributed by atoms with van der Waals surface area (Å²) < 4.78 is 14.2. The van der Waals surface area contributed by atoms with Crippen LogP contribution >= 0.6 is 0 Å². The van der Waals surface area contributed by atoms with Gasteiger partial charge in [0.1, 0.15) is 5.82 Å². The van der Waals surface area contributed by atoms with Gasteiger partial charge in [-0.25, -0.2) is 9.37 Å². The van der Waals surface area contributed by atoms with Crippen molar-refractivity contribution in [3.63, 3.8) is 0 Å². The standard InChI is InChI=1S/C23H24FN7O2/c24-16-4-2-1-3-15(16)18-6-5-17(26)22(28-18)23(33)29-19-14-27-8-7-20(19)30-9-11-31(12-10-30)21(32)13-25/h1-8,14H,9-13,25-26H2,(H,29,33). The fourth-order valence-electron chi connectivity index (χ4n) is 3.74. The van der Waals surface area contributed by atoms with Gasteiger partial charge in [0.25, 0.3) is 5.91 Å². The van der Waals surface area contributed by atoms with E-state index < -0.39 is 11.7 Å². The Hall–Kier alpha value is -4.05. The maximum Gasteiger partial charge on any atom is 0.276 e. The first-order valence-corrected chi connectivity index (χ1v) is 10.5. The van der Waals surface area contributed by atoms with Crippen molar-refractivity contribution >= 4 is 28.9 Å². The van der Waals surface area contributed by atoms with E-state index >= 15 is 0 Å². The Kier molecular flexibility index (Phi) is 6.45. The Morgan fingerprint density at radius 3 is 2.55 bits per heavy atom. The molecule has 4 rings (SSSR count). The zero-order valence-corrected chi connectivity index (χ0v) is 17.9. The van der Waals surface area contributed by atoms with Crippen molar-refractivity contribution in [3.8, 4) is 11.3 Å². The molecule has 0 atom stereocenters.